The van der Waals surface area contributed by atoms with Gasteiger partial charge in [-0.3, -0.25) is 37.3 Å². The fourth-order valence-electron chi connectivity index (χ4n) is 10.8. The maximum absolute atomic E-state index is 13.0. The summed E-state index contributed by atoms with van der Waals surface area (Å²) in [5, 5.41) is 10.6. The number of esters is 4. The largest absolute Gasteiger partial charge is 0.472 e. The topological polar surface area (TPSA) is 237 Å². The summed E-state index contributed by atoms with van der Waals surface area (Å²) in [5.74, 6) is 0.802. The molecule has 0 rings (SSSR count). The summed E-state index contributed by atoms with van der Waals surface area (Å²) in [6.45, 7) is 14.0. The number of hydrogen-bond acceptors (Lipinski definition) is 15. The molecule has 0 spiro atoms. The van der Waals surface area contributed by atoms with E-state index in [1.807, 2.05) is 0 Å². The molecular formula is C72H140O17P2. The Labute approximate surface area is 556 Å². The van der Waals surface area contributed by atoms with Crippen molar-refractivity contribution in [1.29, 1.82) is 0 Å². The lowest BCUT2D eigenvalue weighted by molar-refractivity contribution is -0.161. The maximum Gasteiger partial charge on any atom is 0.472 e. The van der Waals surface area contributed by atoms with Crippen LogP contribution in [0.2, 0.25) is 0 Å². The highest BCUT2D eigenvalue weighted by molar-refractivity contribution is 7.47. The van der Waals surface area contributed by atoms with E-state index in [0.717, 1.165) is 108 Å². The molecule has 0 aromatic carbocycles. The summed E-state index contributed by atoms with van der Waals surface area (Å²) < 4.78 is 68.3. The minimum absolute atomic E-state index is 0.101. The van der Waals surface area contributed by atoms with Crippen molar-refractivity contribution in [3.8, 4) is 0 Å². The Morgan fingerprint density at radius 1 is 0.275 bits per heavy atom. The highest BCUT2D eigenvalue weighted by Crippen LogP contribution is 2.45. The quantitative estimate of drug-likeness (QED) is 0.0222. The smallest absolute Gasteiger partial charge is 0.462 e. The second-order valence-corrected chi connectivity index (χ2v) is 30.8. The molecule has 0 aliphatic carbocycles. The van der Waals surface area contributed by atoms with E-state index < -0.39 is 97.5 Å². The average Bonchev–Trinajstić information content (AvgIpc) is 3.30. The van der Waals surface area contributed by atoms with Gasteiger partial charge in [0.05, 0.1) is 26.4 Å². The van der Waals surface area contributed by atoms with Crippen LogP contribution in [0.4, 0.5) is 0 Å². The predicted octanol–water partition coefficient (Wildman–Crippen LogP) is 20.5. The van der Waals surface area contributed by atoms with Crippen LogP contribution in [-0.2, 0) is 65.4 Å². The van der Waals surface area contributed by atoms with E-state index in [1.165, 1.54) is 154 Å². The van der Waals surface area contributed by atoms with E-state index in [-0.39, 0.29) is 25.7 Å². The Hall–Kier alpha value is -1.94. The molecule has 0 aliphatic heterocycles. The van der Waals surface area contributed by atoms with Crippen molar-refractivity contribution in [2.45, 2.75) is 375 Å². The molecule has 91 heavy (non-hydrogen) atoms. The molecule has 0 aliphatic rings. The van der Waals surface area contributed by atoms with Crippen molar-refractivity contribution in [3.05, 3.63) is 0 Å². The van der Waals surface area contributed by atoms with E-state index in [1.54, 1.807) is 0 Å². The number of hydrogen-bond donors (Lipinski definition) is 3. The van der Waals surface area contributed by atoms with Crippen LogP contribution < -0.4 is 0 Å². The summed E-state index contributed by atoms with van der Waals surface area (Å²) in [6.07, 6.45) is 44.8. The van der Waals surface area contributed by atoms with Gasteiger partial charge in [0.2, 0.25) is 0 Å². The molecule has 0 saturated heterocycles. The first-order valence-corrected chi connectivity index (χ1v) is 40.2. The van der Waals surface area contributed by atoms with Gasteiger partial charge >= 0.3 is 39.5 Å². The number of aliphatic hydroxyl groups excluding tert-OH is 1. The van der Waals surface area contributed by atoms with Crippen molar-refractivity contribution in [2.75, 3.05) is 39.6 Å². The molecule has 0 fully saturated rings. The van der Waals surface area contributed by atoms with E-state index >= 15 is 0 Å². The van der Waals surface area contributed by atoms with Gasteiger partial charge in [-0.2, -0.15) is 0 Å². The molecule has 5 atom stereocenters. The molecule has 0 heterocycles. The van der Waals surface area contributed by atoms with E-state index in [0.29, 0.717) is 37.5 Å². The van der Waals surface area contributed by atoms with Crippen molar-refractivity contribution in [2.24, 2.45) is 23.7 Å². The number of aliphatic hydroxyl groups is 1. The summed E-state index contributed by atoms with van der Waals surface area (Å²) in [6, 6.07) is 0. The van der Waals surface area contributed by atoms with E-state index in [2.05, 4.69) is 55.4 Å². The van der Waals surface area contributed by atoms with Crippen LogP contribution in [0.3, 0.4) is 0 Å². The molecule has 0 saturated carbocycles. The van der Waals surface area contributed by atoms with Gasteiger partial charge in [-0.1, -0.05) is 306 Å². The molecular weight excluding hydrogens is 1200 g/mol. The predicted molar refractivity (Wildman–Crippen MR) is 367 cm³/mol. The zero-order valence-electron chi connectivity index (χ0n) is 59.5. The third-order valence-electron chi connectivity index (χ3n) is 16.6. The fourth-order valence-corrected chi connectivity index (χ4v) is 12.4. The van der Waals surface area contributed by atoms with Crippen LogP contribution in [0.1, 0.15) is 357 Å². The highest BCUT2D eigenvalue weighted by atomic mass is 31.2. The second kappa shape index (κ2) is 61.6. The molecule has 17 nitrogen and oxygen atoms in total. The molecule has 3 N–H and O–H groups in total. The number of ether oxygens (including phenoxy) is 4. The van der Waals surface area contributed by atoms with Gasteiger partial charge in [-0.15, -0.1) is 0 Å². The van der Waals surface area contributed by atoms with Crippen LogP contribution in [0.15, 0.2) is 0 Å². The van der Waals surface area contributed by atoms with E-state index in [4.69, 9.17) is 37.0 Å². The van der Waals surface area contributed by atoms with Crippen molar-refractivity contribution < 1.29 is 80.2 Å². The van der Waals surface area contributed by atoms with Crippen LogP contribution in [-0.4, -0.2) is 96.7 Å². The first-order chi connectivity index (χ1) is 43.6. The van der Waals surface area contributed by atoms with Crippen molar-refractivity contribution in [1.82, 2.24) is 0 Å². The zero-order valence-corrected chi connectivity index (χ0v) is 61.3. The molecule has 0 aromatic heterocycles. The molecule has 19 heteroatoms. The van der Waals surface area contributed by atoms with Crippen LogP contribution in [0.5, 0.6) is 0 Å². The minimum Gasteiger partial charge on any atom is -0.462 e. The monoisotopic (exact) mass is 1340 g/mol. The third-order valence-corrected chi connectivity index (χ3v) is 18.5. The first-order valence-electron chi connectivity index (χ1n) is 37.2. The average molecular weight is 1340 g/mol. The fraction of sp³-hybridized carbons (Fsp3) is 0.944. The van der Waals surface area contributed by atoms with Gasteiger partial charge in [0, 0.05) is 25.7 Å². The lowest BCUT2D eigenvalue weighted by Crippen LogP contribution is -2.30. The molecule has 0 radical (unpaired) electrons. The molecule has 0 aromatic rings. The number of carbonyl (C=O) groups is 4. The molecule has 2 unspecified atom stereocenters. The van der Waals surface area contributed by atoms with E-state index in [9.17, 15) is 43.2 Å². The lowest BCUT2D eigenvalue weighted by atomic mass is 10.0. The normalized spacial score (nSPS) is 14.2. The molecule has 0 amide bonds. The van der Waals surface area contributed by atoms with Crippen molar-refractivity contribution >= 4 is 39.5 Å². The SMILES string of the molecule is CC(C)CCCCCCCCCCCCCCCCC(=O)OC[C@H](COP(=O)(O)OC[C@@H](O)COP(=O)(O)OC[C@@H](COC(=O)CCCCCCCCC(C)C)OC(=O)CCCCCCCCC(C)C)OC(=O)CCCCCCCCCCCCCCCC(C)C. The summed E-state index contributed by atoms with van der Waals surface area (Å²) in [7, 11) is -9.90. The number of carbonyl (C=O) groups excluding carboxylic acids is 4. The Bertz CT molecular complexity index is 1800. The summed E-state index contributed by atoms with van der Waals surface area (Å²) in [5.41, 5.74) is 0. The zero-order chi connectivity index (χ0) is 67.5. The Morgan fingerprint density at radius 2 is 0.462 bits per heavy atom. The van der Waals surface area contributed by atoms with Gasteiger partial charge in [0.15, 0.2) is 12.2 Å². The van der Waals surface area contributed by atoms with Crippen LogP contribution in [0, 0.1) is 23.7 Å². The maximum atomic E-state index is 13.0. The number of rotatable bonds is 69. The third kappa shape index (κ3) is 66.5. The Morgan fingerprint density at radius 3 is 0.681 bits per heavy atom. The van der Waals surface area contributed by atoms with Gasteiger partial charge < -0.3 is 33.8 Å². The first kappa shape index (κ1) is 89.1. The van der Waals surface area contributed by atoms with Crippen LogP contribution in [0.25, 0.3) is 0 Å². The lowest BCUT2D eigenvalue weighted by Gasteiger charge is -2.21. The second-order valence-electron chi connectivity index (χ2n) is 27.9. The summed E-state index contributed by atoms with van der Waals surface area (Å²) in [4.78, 5) is 72.5. The Kier molecular flexibility index (Phi) is 60.3. The summed E-state index contributed by atoms with van der Waals surface area (Å²) >= 11 is 0. The number of phosphoric acid groups is 2. The van der Waals surface area contributed by atoms with Gasteiger partial charge in [-0.25, -0.2) is 9.13 Å². The molecule has 0 bridgehead atoms. The van der Waals surface area contributed by atoms with Crippen LogP contribution >= 0.6 is 15.6 Å². The van der Waals surface area contributed by atoms with Gasteiger partial charge in [0.1, 0.15) is 19.3 Å². The minimum atomic E-state index is -4.95. The van der Waals surface area contributed by atoms with Crippen molar-refractivity contribution in [3.63, 3.8) is 0 Å². The van der Waals surface area contributed by atoms with Gasteiger partial charge in [0.25, 0.3) is 0 Å². The van der Waals surface area contributed by atoms with Gasteiger partial charge in [-0.05, 0) is 49.4 Å². The number of unbranched alkanes of at least 4 members (excludes halogenated alkanes) is 35. The Balaban J connectivity index is 5.21. The number of phosphoric ester groups is 2. The standard InChI is InChI=1S/C72H140O17P2/c1-62(2)48-40-32-24-20-16-12-9-10-14-18-22-26-36-44-52-69(74)82-58-67(88-71(76)54-46-38-27-23-19-15-11-13-17-21-25-33-41-49-63(3)4)60-86-90(78,79)84-56-66(73)57-85-91(80,81)87-61-68(89-72(77)55-47-39-31-29-35-43-51-65(7)8)59-83-70(75)53-45-37-30-28-34-42-50-64(5)6/h62-68,73H,9-61H2,1-8H3,(H,78,79)(H,80,81)/t66-,67-,68-/m1/s1. The highest BCUT2D eigenvalue weighted by Gasteiger charge is 2.30. The molecule has 540 valence electrons.